The number of fused-ring (bicyclic) bond motifs is 1. The van der Waals surface area contributed by atoms with E-state index in [9.17, 15) is 0 Å². The Kier molecular flexibility index (Phi) is 4.59. The molecule has 1 heterocycles. The molecular formula is C14H20N2O2. The Hall–Kier alpha value is -1.55. The molecule has 0 saturated carbocycles. The Labute approximate surface area is 108 Å². The van der Waals surface area contributed by atoms with Crippen LogP contribution in [0.2, 0.25) is 0 Å². The predicted molar refractivity (Wildman–Crippen MR) is 72.7 cm³/mol. The van der Waals surface area contributed by atoms with E-state index < -0.39 is 0 Å². The third-order valence-electron chi connectivity index (χ3n) is 3.22. The average Bonchev–Trinajstić information content (AvgIpc) is 2.43. The Morgan fingerprint density at radius 2 is 2.22 bits per heavy atom. The second kappa shape index (κ2) is 6.40. The van der Waals surface area contributed by atoms with Crippen LogP contribution >= 0.6 is 0 Å². The van der Waals surface area contributed by atoms with Gasteiger partial charge < -0.3 is 14.8 Å². The molecule has 0 atom stereocenters. The fourth-order valence-corrected chi connectivity index (χ4v) is 2.33. The summed E-state index contributed by atoms with van der Waals surface area (Å²) in [6.45, 7) is 5.48. The maximum absolute atomic E-state index is 9.02. The second-order valence-corrected chi connectivity index (χ2v) is 4.35. The highest BCUT2D eigenvalue weighted by Crippen LogP contribution is 2.27. The van der Waals surface area contributed by atoms with Gasteiger partial charge in [-0.05, 0) is 19.4 Å². The van der Waals surface area contributed by atoms with E-state index in [-0.39, 0.29) is 0 Å². The van der Waals surface area contributed by atoms with Crippen LogP contribution in [0.4, 0.5) is 5.69 Å². The van der Waals surface area contributed by atoms with Crippen molar-refractivity contribution in [2.75, 3.05) is 31.2 Å². The van der Waals surface area contributed by atoms with Crippen molar-refractivity contribution in [1.82, 2.24) is 0 Å². The molecule has 0 saturated heterocycles. The largest absolute Gasteiger partial charge is 0.411 e. The molecule has 18 heavy (non-hydrogen) atoms. The quantitative estimate of drug-likeness (QED) is 0.494. The minimum atomic E-state index is 0.776. The van der Waals surface area contributed by atoms with E-state index in [2.05, 4.69) is 16.1 Å². The first kappa shape index (κ1) is 12.9. The lowest BCUT2D eigenvalue weighted by atomic mass is 9.99. The Morgan fingerprint density at radius 3 is 3.00 bits per heavy atom. The molecule has 1 aromatic rings. The third kappa shape index (κ3) is 2.82. The summed E-state index contributed by atoms with van der Waals surface area (Å²) in [6.07, 6.45) is 1.82. The lowest BCUT2D eigenvalue weighted by Crippen LogP contribution is -2.33. The summed E-state index contributed by atoms with van der Waals surface area (Å²) in [7, 11) is 0. The van der Waals surface area contributed by atoms with Crippen molar-refractivity contribution in [3.8, 4) is 0 Å². The SMILES string of the molecule is CCOCCCN1CCC(=NO)c2ccccc21. The summed E-state index contributed by atoms with van der Waals surface area (Å²) >= 11 is 0. The van der Waals surface area contributed by atoms with Crippen LogP contribution in [0.3, 0.4) is 0 Å². The molecule has 1 aliphatic heterocycles. The molecule has 0 unspecified atom stereocenters. The summed E-state index contributed by atoms with van der Waals surface area (Å²) in [4.78, 5) is 2.34. The normalized spacial score (nSPS) is 16.9. The van der Waals surface area contributed by atoms with Gasteiger partial charge in [0.05, 0.1) is 5.71 Å². The fourth-order valence-electron chi connectivity index (χ4n) is 2.33. The summed E-state index contributed by atoms with van der Waals surface area (Å²) < 4.78 is 5.36. The van der Waals surface area contributed by atoms with E-state index >= 15 is 0 Å². The molecule has 4 heteroatoms. The van der Waals surface area contributed by atoms with Gasteiger partial charge in [0, 0.05) is 44.0 Å². The van der Waals surface area contributed by atoms with Crippen molar-refractivity contribution in [2.45, 2.75) is 19.8 Å². The molecule has 1 aliphatic rings. The standard InChI is InChI=1S/C14H20N2O2/c1-2-18-11-5-9-16-10-8-13(15-17)12-6-3-4-7-14(12)16/h3-4,6-7,17H,2,5,8-11H2,1H3. The Morgan fingerprint density at radius 1 is 1.39 bits per heavy atom. The van der Waals surface area contributed by atoms with Gasteiger partial charge in [0.25, 0.3) is 0 Å². The highest BCUT2D eigenvalue weighted by atomic mass is 16.5. The van der Waals surface area contributed by atoms with Gasteiger partial charge in [-0.15, -0.1) is 0 Å². The monoisotopic (exact) mass is 248 g/mol. The van der Waals surface area contributed by atoms with Gasteiger partial charge in [-0.2, -0.15) is 0 Å². The number of ether oxygens (including phenoxy) is 1. The summed E-state index contributed by atoms with van der Waals surface area (Å²) in [5.74, 6) is 0. The molecule has 0 radical (unpaired) electrons. The fraction of sp³-hybridized carbons (Fsp3) is 0.500. The van der Waals surface area contributed by atoms with Crippen molar-refractivity contribution >= 4 is 11.4 Å². The van der Waals surface area contributed by atoms with Gasteiger partial charge in [-0.1, -0.05) is 23.4 Å². The number of nitrogens with zero attached hydrogens (tertiary/aromatic N) is 2. The number of hydrogen-bond donors (Lipinski definition) is 1. The summed E-state index contributed by atoms with van der Waals surface area (Å²) in [5, 5.41) is 12.4. The maximum atomic E-state index is 9.02. The van der Waals surface area contributed by atoms with Crippen LogP contribution < -0.4 is 4.90 Å². The molecule has 0 bridgehead atoms. The first-order valence-electron chi connectivity index (χ1n) is 6.50. The van der Waals surface area contributed by atoms with E-state index in [1.165, 1.54) is 0 Å². The molecule has 2 rings (SSSR count). The van der Waals surface area contributed by atoms with E-state index in [1.807, 2.05) is 25.1 Å². The van der Waals surface area contributed by atoms with Gasteiger partial charge in [-0.25, -0.2) is 0 Å². The van der Waals surface area contributed by atoms with E-state index in [0.29, 0.717) is 0 Å². The van der Waals surface area contributed by atoms with Crippen LogP contribution in [0.5, 0.6) is 0 Å². The van der Waals surface area contributed by atoms with Gasteiger partial charge >= 0.3 is 0 Å². The van der Waals surface area contributed by atoms with Gasteiger partial charge in [-0.3, -0.25) is 0 Å². The number of rotatable bonds is 5. The molecule has 1 aromatic carbocycles. The lowest BCUT2D eigenvalue weighted by Gasteiger charge is -2.31. The number of benzene rings is 1. The number of oxime groups is 1. The number of hydrogen-bond acceptors (Lipinski definition) is 4. The number of para-hydroxylation sites is 1. The van der Waals surface area contributed by atoms with E-state index in [4.69, 9.17) is 9.94 Å². The lowest BCUT2D eigenvalue weighted by molar-refractivity contribution is 0.146. The molecule has 98 valence electrons. The van der Waals surface area contributed by atoms with Crippen LogP contribution in [-0.2, 0) is 4.74 Å². The average molecular weight is 248 g/mol. The highest BCUT2D eigenvalue weighted by Gasteiger charge is 2.20. The minimum Gasteiger partial charge on any atom is -0.411 e. The van der Waals surface area contributed by atoms with Crippen molar-refractivity contribution in [3.63, 3.8) is 0 Å². The summed E-state index contributed by atoms with van der Waals surface area (Å²) in [6, 6.07) is 8.10. The molecule has 0 aliphatic carbocycles. The number of anilines is 1. The molecular weight excluding hydrogens is 228 g/mol. The van der Waals surface area contributed by atoms with Crippen LogP contribution in [0.25, 0.3) is 0 Å². The predicted octanol–water partition coefficient (Wildman–Crippen LogP) is 2.50. The smallest absolute Gasteiger partial charge is 0.0906 e. The van der Waals surface area contributed by atoms with E-state index in [0.717, 1.165) is 56.1 Å². The molecule has 0 aromatic heterocycles. The Balaban J connectivity index is 2.06. The van der Waals surface area contributed by atoms with Crippen LogP contribution in [-0.4, -0.2) is 37.2 Å². The first-order valence-corrected chi connectivity index (χ1v) is 6.50. The van der Waals surface area contributed by atoms with E-state index in [1.54, 1.807) is 0 Å². The third-order valence-corrected chi connectivity index (χ3v) is 3.22. The molecule has 1 N–H and O–H groups in total. The first-order chi connectivity index (χ1) is 8.86. The van der Waals surface area contributed by atoms with Gasteiger partial charge in [0.15, 0.2) is 0 Å². The zero-order chi connectivity index (χ0) is 12.8. The minimum absolute atomic E-state index is 0.776. The van der Waals surface area contributed by atoms with Crippen molar-refractivity contribution in [3.05, 3.63) is 29.8 Å². The molecule has 0 amide bonds. The highest BCUT2D eigenvalue weighted by molar-refractivity contribution is 6.06. The van der Waals surface area contributed by atoms with Crippen LogP contribution in [0.1, 0.15) is 25.3 Å². The van der Waals surface area contributed by atoms with Crippen molar-refractivity contribution in [1.29, 1.82) is 0 Å². The topological polar surface area (TPSA) is 45.1 Å². The van der Waals surface area contributed by atoms with Gasteiger partial charge in [0.2, 0.25) is 0 Å². The molecule has 4 nitrogen and oxygen atoms in total. The van der Waals surface area contributed by atoms with Crippen LogP contribution in [0, 0.1) is 0 Å². The van der Waals surface area contributed by atoms with Gasteiger partial charge in [0.1, 0.15) is 0 Å². The zero-order valence-electron chi connectivity index (χ0n) is 10.8. The van der Waals surface area contributed by atoms with Crippen molar-refractivity contribution in [2.24, 2.45) is 5.16 Å². The van der Waals surface area contributed by atoms with Crippen LogP contribution in [0.15, 0.2) is 29.4 Å². The zero-order valence-corrected chi connectivity index (χ0v) is 10.8. The molecule has 0 spiro atoms. The Bertz CT molecular complexity index is 418. The van der Waals surface area contributed by atoms with Crippen molar-refractivity contribution < 1.29 is 9.94 Å². The maximum Gasteiger partial charge on any atom is 0.0906 e. The molecule has 0 fully saturated rings. The second-order valence-electron chi connectivity index (χ2n) is 4.35. The summed E-state index contributed by atoms with van der Waals surface area (Å²) in [5.41, 5.74) is 2.99.